The van der Waals surface area contributed by atoms with Gasteiger partial charge in [-0.05, 0) is 55.4 Å². The van der Waals surface area contributed by atoms with Crippen LogP contribution >= 0.6 is 101 Å². The molecular weight excluding hydrogens is 1240 g/mol. The number of esters is 7. The average Bonchev–Trinajstić information content (AvgIpc) is 3.57. The standard InChI is InChI=1S/C47H76O26S8/c1-22(14-74)58-23(2)56-12-32-31(42(66-25(4)60-36(49)16-76)46(70-29(8)64-40(53)20-80)47(73-32)71-30(9)65-41(54)21-81)10-55-11-33-43(67-26(5)61-37(50)17-77)45(69-28(7)63-39(52)19-79)44(68-27(6)62-38(51)18-78)34(72-33)13-57-24(3)59-35(48)15-75/h23-34,42-47,74-81H,1,10-21H2,2-9H3. The van der Waals surface area contributed by atoms with Crippen molar-refractivity contribution in [2.75, 3.05) is 72.5 Å². The molecule has 2 saturated heterocycles. The first-order valence-electron chi connectivity index (χ1n) is 25.0. The highest BCUT2D eigenvalue weighted by Crippen LogP contribution is 2.37. The highest BCUT2D eigenvalue weighted by atomic mass is 32.1. The van der Waals surface area contributed by atoms with Crippen LogP contribution in [-0.2, 0) is 124 Å². The minimum absolute atomic E-state index is 0.150. The van der Waals surface area contributed by atoms with Gasteiger partial charge in [0.2, 0.25) is 37.7 Å². The largest absolute Gasteiger partial charge is 0.469 e. The number of hydrogen-bond donors (Lipinski definition) is 8. The van der Waals surface area contributed by atoms with Crippen LogP contribution in [0.1, 0.15) is 55.4 Å². The zero-order valence-electron chi connectivity index (χ0n) is 45.8. The van der Waals surface area contributed by atoms with Crippen molar-refractivity contribution in [1.29, 1.82) is 0 Å². The summed E-state index contributed by atoms with van der Waals surface area (Å²) in [6.07, 6.45) is -22.8. The van der Waals surface area contributed by atoms with Gasteiger partial charge in [0.15, 0.2) is 18.9 Å². The quantitative estimate of drug-likeness (QED) is 0.0144. The van der Waals surface area contributed by atoms with Gasteiger partial charge >= 0.3 is 41.8 Å². The van der Waals surface area contributed by atoms with Gasteiger partial charge in [0.25, 0.3) is 0 Å². The fraction of sp³-hybridized carbons (Fsp3) is 0.809. The maximum atomic E-state index is 12.6. The summed E-state index contributed by atoms with van der Waals surface area (Å²) >= 11 is 32.2. The SMILES string of the molecule is C=C(CS)OC(C)OCC1OC(OC(C)OC(=O)CS)C(OC(C)OC(=O)CS)C(OC(C)OC(=O)CS)C1COCC1OC(COC(C)OC(=O)CS)C(OC(C)OC(=O)CS)C(OC(C)OC(=O)CS)C1OC(C)OC(=O)CS. The molecule has 2 aliphatic rings. The maximum Gasteiger partial charge on any atom is 0.317 e. The van der Waals surface area contributed by atoms with E-state index in [0.717, 1.165) is 0 Å². The lowest BCUT2D eigenvalue weighted by Gasteiger charge is -2.48. The van der Waals surface area contributed by atoms with Crippen molar-refractivity contribution in [3.05, 3.63) is 12.3 Å². The molecule has 0 spiro atoms. The maximum absolute atomic E-state index is 12.6. The molecule has 81 heavy (non-hydrogen) atoms. The lowest BCUT2D eigenvalue weighted by atomic mass is 9.89. The molecule has 2 aliphatic heterocycles. The van der Waals surface area contributed by atoms with Crippen LogP contribution in [0.3, 0.4) is 0 Å². The third kappa shape index (κ3) is 28.5. The average molecular weight is 1310 g/mol. The Morgan fingerprint density at radius 3 is 1.04 bits per heavy atom. The van der Waals surface area contributed by atoms with Crippen LogP contribution in [-0.4, -0.2) is 220 Å². The molecule has 468 valence electrons. The van der Waals surface area contributed by atoms with Gasteiger partial charge in [-0.3, -0.25) is 33.6 Å². The lowest BCUT2D eigenvalue weighted by Crippen LogP contribution is -2.64. The van der Waals surface area contributed by atoms with Crippen molar-refractivity contribution < 1.29 is 124 Å². The zero-order chi connectivity index (χ0) is 60.9. The Labute approximate surface area is 514 Å². The van der Waals surface area contributed by atoms with E-state index in [1.807, 2.05) is 0 Å². The predicted molar refractivity (Wildman–Crippen MR) is 308 cm³/mol. The summed E-state index contributed by atoms with van der Waals surface area (Å²) in [5, 5.41) is 0. The Hall–Kier alpha value is -1.81. The van der Waals surface area contributed by atoms with Crippen molar-refractivity contribution >= 4 is 143 Å². The minimum Gasteiger partial charge on any atom is -0.469 e. The smallest absolute Gasteiger partial charge is 0.317 e. The number of thiol groups is 8. The van der Waals surface area contributed by atoms with E-state index in [1.165, 1.54) is 48.5 Å². The van der Waals surface area contributed by atoms with Gasteiger partial charge in [0.1, 0.15) is 48.5 Å². The molecule has 0 aromatic heterocycles. The number of ether oxygens (including phenoxy) is 19. The van der Waals surface area contributed by atoms with Crippen molar-refractivity contribution in [2.24, 2.45) is 5.92 Å². The highest BCUT2D eigenvalue weighted by molar-refractivity contribution is 7.82. The van der Waals surface area contributed by atoms with Crippen LogP contribution < -0.4 is 0 Å². The molecule has 0 bridgehead atoms. The Bertz CT molecular complexity index is 1950. The first-order chi connectivity index (χ1) is 38.3. The van der Waals surface area contributed by atoms with E-state index in [0.29, 0.717) is 0 Å². The molecule has 0 aromatic carbocycles. The molecule has 0 saturated carbocycles. The van der Waals surface area contributed by atoms with Crippen molar-refractivity contribution in [3.63, 3.8) is 0 Å². The summed E-state index contributed by atoms with van der Waals surface area (Å²) in [7, 11) is 0. The Morgan fingerprint density at radius 1 is 0.346 bits per heavy atom. The monoisotopic (exact) mass is 1310 g/mol. The van der Waals surface area contributed by atoms with E-state index in [2.05, 4.69) is 108 Å². The normalized spacial score (nSPS) is 25.7. The van der Waals surface area contributed by atoms with Crippen molar-refractivity contribution in [2.45, 2.75) is 161 Å². The summed E-state index contributed by atoms with van der Waals surface area (Å²) in [5.41, 5.74) is 0. The summed E-state index contributed by atoms with van der Waals surface area (Å²) in [6, 6.07) is 0. The zero-order valence-corrected chi connectivity index (χ0v) is 52.9. The second kappa shape index (κ2) is 40.5. The highest BCUT2D eigenvalue weighted by Gasteiger charge is 2.53. The second-order valence-corrected chi connectivity index (χ2v) is 19.7. The van der Waals surface area contributed by atoms with E-state index >= 15 is 0 Å². The van der Waals surface area contributed by atoms with Crippen LogP contribution in [0.15, 0.2) is 12.3 Å². The minimum atomic E-state index is -1.56. The second-order valence-electron chi connectivity index (χ2n) is 17.2. The van der Waals surface area contributed by atoms with E-state index in [1.54, 1.807) is 6.92 Å². The predicted octanol–water partition coefficient (Wildman–Crippen LogP) is 2.63. The van der Waals surface area contributed by atoms with Crippen LogP contribution in [0.5, 0.6) is 0 Å². The van der Waals surface area contributed by atoms with Gasteiger partial charge in [-0.25, -0.2) is 0 Å². The fourth-order valence-corrected chi connectivity index (χ4v) is 8.23. The molecule has 26 nitrogen and oxygen atoms in total. The van der Waals surface area contributed by atoms with Gasteiger partial charge in [-0.15, -0.1) is 0 Å². The molecule has 34 heteroatoms. The Morgan fingerprint density at radius 2 is 0.654 bits per heavy atom. The molecule has 0 amide bonds. The third-order valence-electron chi connectivity index (χ3n) is 10.7. The van der Waals surface area contributed by atoms with Crippen LogP contribution in [0.25, 0.3) is 0 Å². The molecule has 18 unspecified atom stereocenters. The van der Waals surface area contributed by atoms with Gasteiger partial charge in [-0.1, -0.05) is 6.58 Å². The summed E-state index contributed by atoms with van der Waals surface area (Å²) in [6.45, 7) is 13.5. The Balaban J connectivity index is 2.96. The summed E-state index contributed by atoms with van der Waals surface area (Å²) in [5.74, 6) is -8.36. The van der Waals surface area contributed by atoms with E-state index < -0.39 is 173 Å². The summed E-state index contributed by atoms with van der Waals surface area (Å²) < 4.78 is 114. The fourth-order valence-electron chi connectivity index (χ4n) is 7.64. The van der Waals surface area contributed by atoms with Crippen LogP contribution in [0.2, 0.25) is 0 Å². The number of carbonyl (C=O) groups excluding carboxylic acids is 7. The molecule has 2 heterocycles. The first kappa shape index (κ1) is 75.3. The van der Waals surface area contributed by atoms with Gasteiger partial charge in [-0.2, -0.15) is 101 Å². The van der Waals surface area contributed by atoms with E-state index in [9.17, 15) is 33.6 Å². The van der Waals surface area contributed by atoms with Crippen molar-refractivity contribution in [1.82, 2.24) is 0 Å². The lowest BCUT2D eigenvalue weighted by molar-refractivity contribution is -0.364. The Kier molecular flexibility index (Phi) is 37.7. The number of carbonyl (C=O) groups is 7. The number of hydrogen-bond acceptors (Lipinski definition) is 34. The molecule has 2 fully saturated rings. The summed E-state index contributed by atoms with van der Waals surface area (Å²) in [4.78, 5) is 87.5. The molecule has 0 aromatic rings. The third-order valence-corrected chi connectivity index (χ3v) is 12.8. The number of rotatable bonds is 39. The van der Waals surface area contributed by atoms with E-state index in [4.69, 9.17) is 90.0 Å². The molecule has 0 aliphatic carbocycles. The van der Waals surface area contributed by atoms with Gasteiger partial charge in [0, 0.05) is 11.7 Å². The van der Waals surface area contributed by atoms with Crippen molar-refractivity contribution in [3.8, 4) is 0 Å². The van der Waals surface area contributed by atoms with E-state index in [-0.39, 0.29) is 58.4 Å². The molecule has 18 atom stereocenters. The van der Waals surface area contributed by atoms with Gasteiger partial charge < -0.3 is 90.0 Å². The topological polar surface area (TPSA) is 295 Å². The molecular formula is C47H76O26S8. The molecule has 0 N–H and O–H groups in total. The molecule has 0 radical (unpaired) electrons. The molecule has 2 rings (SSSR count). The van der Waals surface area contributed by atoms with Crippen LogP contribution in [0.4, 0.5) is 0 Å². The first-order valence-corrected chi connectivity index (χ1v) is 30.0. The van der Waals surface area contributed by atoms with Gasteiger partial charge in [0.05, 0.1) is 72.8 Å². The van der Waals surface area contributed by atoms with Crippen LogP contribution in [0, 0.1) is 5.92 Å².